The molecule has 0 aliphatic carbocycles. The number of aromatic nitrogens is 2. The van der Waals surface area contributed by atoms with Crippen molar-refractivity contribution < 1.29 is 4.74 Å². The summed E-state index contributed by atoms with van der Waals surface area (Å²) in [5.74, 6) is 1.48. The highest BCUT2D eigenvalue weighted by Gasteiger charge is 1.99. The standard InChI is InChI=1S/C8H13ClN4O/c9-3-1-2-4-14-7-5-6(10)12-8(11)13-7/h5H,1-4H2,(H4,10,11,12,13). The lowest BCUT2D eigenvalue weighted by Gasteiger charge is -2.05. The van der Waals surface area contributed by atoms with E-state index in [1.54, 1.807) is 0 Å². The Bertz CT molecular complexity index is 274. The summed E-state index contributed by atoms with van der Waals surface area (Å²) in [5.41, 5.74) is 10.8. The number of nitrogen functional groups attached to an aromatic ring is 2. The van der Waals surface area contributed by atoms with Gasteiger partial charge in [-0.15, -0.1) is 11.6 Å². The number of halogens is 1. The molecular weight excluding hydrogens is 204 g/mol. The van der Waals surface area contributed by atoms with Gasteiger partial charge in [-0.1, -0.05) is 0 Å². The van der Waals surface area contributed by atoms with Gasteiger partial charge in [0.15, 0.2) is 0 Å². The number of hydrogen-bond acceptors (Lipinski definition) is 5. The average molecular weight is 217 g/mol. The second-order valence-corrected chi connectivity index (χ2v) is 3.11. The summed E-state index contributed by atoms with van der Waals surface area (Å²) in [4.78, 5) is 7.59. The Morgan fingerprint density at radius 1 is 1.29 bits per heavy atom. The lowest BCUT2D eigenvalue weighted by atomic mass is 10.4. The number of nitrogens with zero attached hydrogens (tertiary/aromatic N) is 2. The van der Waals surface area contributed by atoms with Gasteiger partial charge < -0.3 is 16.2 Å². The van der Waals surface area contributed by atoms with Crippen LogP contribution in [0.5, 0.6) is 5.88 Å². The minimum Gasteiger partial charge on any atom is -0.477 e. The smallest absolute Gasteiger partial charge is 0.225 e. The van der Waals surface area contributed by atoms with Crippen molar-refractivity contribution in [2.24, 2.45) is 0 Å². The lowest BCUT2D eigenvalue weighted by molar-refractivity contribution is 0.298. The molecule has 0 amide bonds. The van der Waals surface area contributed by atoms with Crippen LogP contribution >= 0.6 is 11.6 Å². The molecule has 0 fully saturated rings. The van der Waals surface area contributed by atoms with E-state index >= 15 is 0 Å². The molecule has 14 heavy (non-hydrogen) atoms. The molecule has 0 aromatic carbocycles. The van der Waals surface area contributed by atoms with Gasteiger partial charge in [0, 0.05) is 11.9 Å². The molecule has 0 spiro atoms. The maximum absolute atomic E-state index is 5.51. The lowest BCUT2D eigenvalue weighted by Crippen LogP contribution is -2.04. The van der Waals surface area contributed by atoms with Gasteiger partial charge in [0.2, 0.25) is 11.8 Å². The zero-order valence-electron chi connectivity index (χ0n) is 7.74. The van der Waals surface area contributed by atoms with Gasteiger partial charge in [-0.25, -0.2) is 0 Å². The van der Waals surface area contributed by atoms with Crippen molar-refractivity contribution in [3.05, 3.63) is 6.07 Å². The number of anilines is 2. The summed E-state index contributed by atoms with van der Waals surface area (Å²) in [7, 11) is 0. The SMILES string of the molecule is Nc1cc(OCCCCCl)nc(N)n1. The Balaban J connectivity index is 2.42. The van der Waals surface area contributed by atoms with E-state index in [2.05, 4.69) is 9.97 Å². The van der Waals surface area contributed by atoms with Crippen molar-refractivity contribution in [2.45, 2.75) is 12.8 Å². The van der Waals surface area contributed by atoms with E-state index in [9.17, 15) is 0 Å². The van der Waals surface area contributed by atoms with E-state index in [1.807, 2.05) is 0 Å². The van der Waals surface area contributed by atoms with Crippen LogP contribution in [0.3, 0.4) is 0 Å². The average Bonchev–Trinajstić information content (AvgIpc) is 2.11. The first-order chi connectivity index (χ1) is 6.72. The highest BCUT2D eigenvalue weighted by molar-refractivity contribution is 6.17. The van der Waals surface area contributed by atoms with Crippen LogP contribution in [-0.2, 0) is 0 Å². The summed E-state index contributed by atoms with van der Waals surface area (Å²) in [5, 5.41) is 0. The first-order valence-electron chi connectivity index (χ1n) is 4.31. The minimum absolute atomic E-state index is 0.123. The van der Waals surface area contributed by atoms with Crippen molar-refractivity contribution >= 4 is 23.4 Å². The van der Waals surface area contributed by atoms with E-state index in [-0.39, 0.29) is 5.95 Å². The molecule has 0 bridgehead atoms. The van der Waals surface area contributed by atoms with Crippen LogP contribution in [0.2, 0.25) is 0 Å². The fourth-order valence-corrected chi connectivity index (χ4v) is 1.10. The molecule has 5 nitrogen and oxygen atoms in total. The van der Waals surface area contributed by atoms with Crippen LogP contribution in [0.1, 0.15) is 12.8 Å². The van der Waals surface area contributed by atoms with Crippen LogP contribution in [0.15, 0.2) is 6.07 Å². The monoisotopic (exact) mass is 216 g/mol. The molecule has 0 aliphatic heterocycles. The van der Waals surface area contributed by atoms with Crippen LogP contribution in [0, 0.1) is 0 Å². The molecule has 1 rings (SSSR count). The van der Waals surface area contributed by atoms with Crippen LogP contribution in [0.25, 0.3) is 0 Å². The van der Waals surface area contributed by atoms with Crippen molar-refractivity contribution in [3.63, 3.8) is 0 Å². The van der Waals surface area contributed by atoms with Gasteiger partial charge in [-0.2, -0.15) is 9.97 Å². The van der Waals surface area contributed by atoms with Crippen molar-refractivity contribution in [3.8, 4) is 5.88 Å². The minimum atomic E-state index is 0.123. The largest absolute Gasteiger partial charge is 0.477 e. The number of unbranched alkanes of at least 4 members (excludes halogenated alkanes) is 1. The third-order valence-corrected chi connectivity index (χ3v) is 1.78. The third kappa shape index (κ3) is 3.66. The molecule has 1 heterocycles. The maximum atomic E-state index is 5.51. The molecule has 1 aromatic heterocycles. The summed E-state index contributed by atoms with van der Waals surface area (Å²) in [6.07, 6.45) is 1.80. The Labute approximate surface area is 87.4 Å². The predicted molar refractivity (Wildman–Crippen MR) is 56.3 cm³/mol. The quantitative estimate of drug-likeness (QED) is 0.567. The molecule has 0 saturated heterocycles. The van der Waals surface area contributed by atoms with Gasteiger partial charge in [0.25, 0.3) is 0 Å². The fraction of sp³-hybridized carbons (Fsp3) is 0.500. The van der Waals surface area contributed by atoms with E-state index in [0.717, 1.165) is 12.8 Å². The Morgan fingerprint density at radius 2 is 2.07 bits per heavy atom. The summed E-state index contributed by atoms with van der Waals surface area (Å²) >= 11 is 5.51. The summed E-state index contributed by atoms with van der Waals surface area (Å²) in [6.45, 7) is 0.558. The summed E-state index contributed by atoms with van der Waals surface area (Å²) < 4.78 is 5.30. The Kier molecular flexibility index (Phi) is 4.25. The second kappa shape index (κ2) is 5.49. The molecule has 1 aromatic rings. The molecule has 0 saturated carbocycles. The third-order valence-electron chi connectivity index (χ3n) is 1.52. The van der Waals surface area contributed by atoms with Crippen LogP contribution < -0.4 is 16.2 Å². The molecular formula is C8H13ClN4O. The molecule has 0 radical (unpaired) electrons. The number of hydrogen-bond donors (Lipinski definition) is 2. The zero-order valence-corrected chi connectivity index (χ0v) is 8.50. The highest BCUT2D eigenvalue weighted by atomic mass is 35.5. The van der Waals surface area contributed by atoms with E-state index < -0.39 is 0 Å². The number of rotatable bonds is 5. The van der Waals surface area contributed by atoms with Gasteiger partial charge in [0.1, 0.15) is 5.82 Å². The molecule has 0 aliphatic rings. The van der Waals surface area contributed by atoms with Gasteiger partial charge >= 0.3 is 0 Å². The molecule has 6 heteroatoms. The number of ether oxygens (including phenoxy) is 1. The van der Waals surface area contributed by atoms with Crippen molar-refractivity contribution in [2.75, 3.05) is 24.0 Å². The summed E-state index contributed by atoms with van der Waals surface area (Å²) in [6, 6.07) is 1.54. The van der Waals surface area contributed by atoms with E-state index in [4.69, 9.17) is 27.8 Å². The fourth-order valence-electron chi connectivity index (χ4n) is 0.908. The molecule has 4 N–H and O–H groups in total. The number of nitrogens with two attached hydrogens (primary N) is 2. The Hall–Kier alpha value is -1.23. The predicted octanol–water partition coefficient (Wildman–Crippen LogP) is 1.04. The first kappa shape index (κ1) is 10.8. The van der Waals surface area contributed by atoms with Crippen LogP contribution in [-0.4, -0.2) is 22.5 Å². The van der Waals surface area contributed by atoms with Crippen LogP contribution in [0.4, 0.5) is 11.8 Å². The molecule has 78 valence electrons. The first-order valence-corrected chi connectivity index (χ1v) is 4.84. The highest BCUT2D eigenvalue weighted by Crippen LogP contribution is 2.12. The van der Waals surface area contributed by atoms with Crippen molar-refractivity contribution in [1.82, 2.24) is 9.97 Å². The van der Waals surface area contributed by atoms with Crippen molar-refractivity contribution in [1.29, 1.82) is 0 Å². The number of alkyl halides is 1. The normalized spacial score (nSPS) is 10.1. The maximum Gasteiger partial charge on any atom is 0.225 e. The Morgan fingerprint density at radius 3 is 2.71 bits per heavy atom. The van der Waals surface area contributed by atoms with Gasteiger partial charge in [0.05, 0.1) is 6.61 Å². The molecule has 0 atom stereocenters. The topological polar surface area (TPSA) is 87.0 Å². The van der Waals surface area contributed by atoms with Gasteiger partial charge in [-0.05, 0) is 12.8 Å². The van der Waals surface area contributed by atoms with E-state index in [1.165, 1.54) is 6.07 Å². The second-order valence-electron chi connectivity index (χ2n) is 2.73. The van der Waals surface area contributed by atoms with E-state index in [0.29, 0.717) is 24.2 Å². The van der Waals surface area contributed by atoms with Gasteiger partial charge in [-0.3, -0.25) is 0 Å². The molecule has 0 unspecified atom stereocenters. The zero-order chi connectivity index (χ0) is 10.4.